The maximum atomic E-state index is 5.98. The van der Waals surface area contributed by atoms with Gasteiger partial charge in [0.25, 0.3) is 0 Å². The number of hydrogen-bond acceptors (Lipinski definition) is 4. The maximum absolute atomic E-state index is 5.98. The molecule has 6 rings (SSSR count). The average Bonchev–Trinajstić information content (AvgIpc) is 3.44. The van der Waals surface area contributed by atoms with Crippen molar-refractivity contribution in [3.63, 3.8) is 0 Å². The Hall–Kier alpha value is -3.68. The number of nitrogens with zero attached hydrogens (tertiary/aromatic N) is 4. The highest BCUT2D eigenvalue weighted by Gasteiger charge is 2.42. The topological polar surface area (TPSA) is 45.6 Å². The van der Waals surface area contributed by atoms with E-state index in [1.165, 1.54) is 33.8 Å². The number of hydrogen-bond donors (Lipinski definition) is 1. The molecule has 2 aliphatic heterocycles. The van der Waals surface area contributed by atoms with Gasteiger partial charge in [0, 0.05) is 47.7 Å². The number of anilines is 2. The summed E-state index contributed by atoms with van der Waals surface area (Å²) in [5, 5.41) is 4.34. The molecule has 2 aromatic heterocycles. The molecule has 0 bridgehead atoms. The highest BCUT2D eigenvalue weighted by molar-refractivity contribution is 7.80. The standard InChI is InChI=1S/C32H35N5OS/c1-21-17-22(2)19-27(18-21)37-31(30(34-32(37)39)29-7-5-6-12-33-29)28-20-23(3)36(24(28)4)26-10-8-25(9-11-26)35-13-15-38-16-14-35/h5-12,17-20,30-31H,13-16H2,1-4H3,(H,34,39)/t30-,31+/m1/s1. The van der Waals surface area contributed by atoms with Crippen molar-refractivity contribution < 1.29 is 4.74 Å². The van der Waals surface area contributed by atoms with Crippen LogP contribution < -0.4 is 15.1 Å². The molecule has 0 unspecified atom stereocenters. The third-order valence-electron chi connectivity index (χ3n) is 7.86. The molecule has 7 heteroatoms. The molecule has 0 saturated carbocycles. The molecule has 0 radical (unpaired) electrons. The monoisotopic (exact) mass is 537 g/mol. The molecule has 4 heterocycles. The van der Waals surface area contributed by atoms with Gasteiger partial charge in [0.15, 0.2) is 5.11 Å². The summed E-state index contributed by atoms with van der Waals surface area (Å²) in [4.78, 5) is 9.40. The Morgan fingerprint density at radius 2 is 1.54 bits per heavy atom. The van der Waals surface area contributed by atoms with Crippen LogP contribution in [0.2, 0.25) is 0 Å². The molecule has 2 aromatic carbocycles. The molecule has 1 N–H and O–H groups in total. The second kappa shape index (κ2) is 10.5. The summed E-state index contributed by atoms with van der Waals surface area (Å²) in [5.41, 5.74) is 10.6. The maximum Gasteiger partial charge on any atom is 0.174 e. The molecule has 2 saturated heterocycles. The minimum absolute atomic E-state index is 0.0406. The van der Waals surface area contributed by atoms with Crippen molar-refractivity contribution in [1.29, 1.82) is 0 Å². The normalized spacial score (nSPS) is 19.4. The van der Waals surface area contributed by atoms with Gasteiger partial charge in [-0.15, -0.1) is 0 Å². The van der Waals surface area contributed by atoms with Gasteiger partial charge in [0.1, 0.15) is 0 Å². The summed E-state index contributed by atoms with van der Waals surface area (Å²) in [5.74, 6) is 0. The summed E-state index contributed by atoms with van der Waals surface area (Å²) in [7, 11) is 0. The summed E-state index contributed by atoms with van der Waals surface area (Å²) < 4.78 is 7.89. The van der Waals surface area contributed by atoms with E-state index in [-0.39, 0.29) is 12.1 Å². The van der Waals surface area contributed by atoms with Crippen LogP contribution in [0.1, 0.15) is 45.9 Å². The van der Waals surface area contributed by atoms with Crippen LogP contribution in [-0.2, 0) is 4.74 Å². The summed E-state index contributed by atoms with van der Waals surface area (Å²) in [6.45, 7) is 12.1. The SMILES string of the molecule is Cc1cc(C)cc(N2C(=S)N[C@H](c3ccccn3)[C@@H]2c2cc(C)n(-c3ccc(N4CCOCC4)cc3)c2C)c1. The fourth-order valence-corrected chi connectivity index (χ4v) is 6.50. The van der Waals surface area contributed by atoms with Gasteiger partial charge in [-0.3, -0.25) is 4.98 Å². The third-order valence-corrected chi connectivity index (χ3v) is 8.17. The largest absolute Gasteiger partial charge is 0.378 e. The van der Waals surface area contributed by atoms with Crippen LogP contribution in [-0.4, -0.2) is 41.0 Å². The number of thiocarbonyl (C=S) groups is 1. The molecule has 39 heavy (non-hydrogen) atoms. The van der Waals surface area contributed by atoms with E-state index in [0.29, 0.717) is 0 Å². The molecular weight excluding hydrogens is 502 g/mol. The first-order valence-electron chi connectivity index (χ1n) is 13.6. The second-order valence-corrected chi connectivity index (χ2v) is 11.0. The van der Waals surface area contributed by atoms with Crippen molar-refractivity contribution in [2.45, 2.75) is 39.8 Å². The predicted molar refractivity (Wildman–Crippen MR) is 162 cm³/mol. The predicted octanol–water partition coefficient (Wildman–Crippen LogP) is 6.12. The van der Waals surface area contributed by atoms with Crippen molar-refractivity contribution in [2.75, 3.05) is 36.1 Å². The number of aryl methyl sites for hydroxylation is 3. The molecule has 0 spiro atoms. The molecule has 0 amide bonds. The highest BCUT2D eigenvalue weighted by atomic mass is 32.1. The molecule has 200 valence electrons. The molecule has 0 aliphatic carbocycles. The number of rotatable bonds is 5. The van der Waals surface area contributed by atoms with E-state index in [1.807, 2.05) is 18.3 Å². The summed E-state index contributed by atoms with van der Waals surface area (Å²) >= 11 is 5.98. The van der Waals surface area contributed by atoms with E-state index >= 15 is 0 Å². The van der Waals surface area contributed by atoms with Gasteiger partial charge in [-0.05, 0) is 111 Å². The molecule has 2 atom stereocenters. The Kier molecular flexibility index (Phi) is 6.87. The van der Waals surface area contributed by atoms with E-state index < -0.39 is 0 Å². The Morgan fingerprint density at radius 1 is 0.846 bits per heavy atom. The average molecular weight is 538 g/mol. The van der Waals surface area contributed by atoms with Gasteiger partial charge in [-0.1, -0.05) is 12.1 Å². The Morgan fingerprint density at radius 3 is 2.21 bits per heavy atom. The van der Waals surface area contributed by atoms with Crippen LogP contribution in [0, 0.1) is 27.7 Å². The lowest BCUT2D eigenvalue weighted by Crippen LogP contribution is -2.36. The Bertz CT molecular complexity index is 1470. The van der Waals surface area contributed by atoms with Crippen LogP contribution in [0.15, 0.2) is 72.9 Å². The smallest absolute Gasteiger partial charge is 0.174 e. The zero-order chi connectivity index (χ0) is 27.1. The molecule has 4 aromatic rings. The van der Waals surface area contributed by atoms with Gasteiger partial charge in [0.05, 0.1) is 31.0 Å². The van der Waals surface area contributed by atoms with E-state index in [9.17, 15) is 0 Å². The van der Waals surface area contributed by atoms with Crippen LogP contribution >= 0.6 is 12.2 Å². The lowest BCUT2D eigenvalue weighted by molar-refractivity contribution is 0.122. The van der Waals surface area contributed by atoms with E-state index in [1.54, 1.807) is 0 Å². The molecule has 6 nitrogen and oxygen atoms in total. The zero-order valence-electron chi connectivity index (χ0n) is 23.0. The van der Waals surface area contributed by atoms with Crippen molar-refractivity contribution in [3.05, 3.63) is 107 Å². The molecule has 2 fully saturated rings. The number of nitrogens with one attached hydrogen (secondary N) is 1. The minimum atomic E-state index is -0.0721. The van der Waals surface area contributed by atoms with Crippen molar-refractivity contribution in [2.24, 2.45) is 0 Å². The minimum Gasteiger partial charge on any atom is -0.378 e. The van der Waals surface area contributed by atoms with Gasteiger partial charge in [0.2, 0.25) is 0 Å². The van der Waals surface area contributed by atoms with E-state index in [2.05, 4.69) is 102 Å². The third kappa shape index (κ3) is 4.81. The lowest BCUT2D eigenvalue weighted by Gasteiger charge is -2.29. The summed E-state index contributed by atoms with van der Waals surface area (Å²) in [6, 6.07) is 23.8. The van der Waals surface area contributed by atoms with Crippen LogP contribution in [0.3, 0.4) is 0 Å². The van der Waals surface area contributed by atoms with Gasteiger partial charge < -0.3 is 24.4 Å². The first-order valence-corrected chi connectivity index (χ1v) is 14.0. The first kappa shape index (κ1) is 25.6. The summed E-state index contributed by atoms with van der Waals surface area (Å²) in [6.07, 6.45) is 1.86. The quantitative estimate of drug-likeness (QED) is 0.310. The number of benzene rings is 2. The number of pyridine rings is 1. The van der Waals surface area contributed by atoms with Gasteiger partial charge in [-0.2, -0.15) is 0 Å². The van der Waals surface area contributed by atoms with Crippen LogP contribution in [0.5, 0.6) is 0 Å². The first-order chi connectivity index (χ1) is 18.9. The fourth-order valence-electron chi connectivity index (χ4n) is 6.16. The van der Waals surface area contributed by atoms with Crippen molar-refractivity contribution in [1.82, 2.24) is 14.9 Å². The Balaban J connectivity index is 1.43. The highest BCUT2D eigenvalue weighted by Crippen LogP contribution is 2.44. The van der Waals surface area contributed by atoms with Crippen molar-refractivity contribution >= 4 is 28.7 Å². The van der Waals surface area contributed by atoms with Gasteiger partial charge in [-0.25, -0.2) is 0 Å². The van der Waals surface area contributed by atoms with Crippen molar-refractivity contribution in [3.8, 4) is 5.69 Å². The lowest BCUT2D eigenvalue weighted by atomic mass is 9.96. The zero-order valence-corrected chi connectivity index (χ0v) is 23.8. The van der Waals surface area contributed by atoms with Crippen LogP contribution in [0.4, 0.5) is 11.4 Å². The van der Waals surface area contributed by atoms with Crippen LogP contribution in [0.25, 0.3) is 5.69 Å². The number of ether oxygens (including phenoxy) is 1. The Labute approximate surface area is 236 Å². The molecular formula is C32H35N5OS. The fraction of sp³-hybridized carbons (Fsp3) is 0.312. The number of morpholine rings is 1. The van der Waals surface area contributed by atoms with E-state index in [0.717, 1.165) is 48.5 Å². The molecule has 2 aliphatic rings. The number of aromatic nitrogens is 2. The van der Waals surface area contributed by atoms with E-state index in [4.69, 9.17) is 21.9 Å². The second-order valence-electron chi connectivity index (χ2n) is 10.6. The van der Waals surface area contributed by atoms with Gasteiger partial charge >= 0.3 is 0 Å².